The highest BCUT2D eigenvalue weighted by atomic mass is 28.4. The van der Waals surface area contributed by atoms with Crippen molar-refractivity contribution >= 4 is 26.6 Å². The molecular formula is C31H64N2O7Si. The minimum Gasteiger partial charge on any atom is -0.465 e. The standard InChI is InChI=1S/C14H31NO4Si.C9H16O2.C8H17NO/c1-6-13(5)14(16)15-11-10-12-20(17-7-2,18-8-3)19-9-4;1-3-7(2)9(10)11-6-8-4-5-8;1-5-7(4)8(10)9-6(2)3/h13H,6-12H2,1-5H3,(H,15,16);7-8H,3-6H2,1-2H3;6-7H,5H2,1-4H3,(H,9,10). The van der Waals surface area contributed by atoms with Gasteiger partial charge in [0, 0.05) is 50.3 Å². The lowest BCUT2D eigenvalue weighted by Crippen LogP contribution is -2.46. The zero-order chi connectivity index (χ0) is 31.8. The Kier molecular flexibility index (Phi) is 25.4. The molecular weight excluding hydrogens is 540 g/mol. The molecule has 9 nitrogen and oxygen atoms in total. The van der Waals surface area contributed by atoms with Crippen LogP contribution in [-0.4, -0.2) is 65.6 Å². The molecule has 0 spiro atoms. The molecule has 244 valence electrons. The molecule has 0 aromatic rings. The first-order chi connectivity index (χ1) is 19.4. The number of carbonyl (C=O) groups excluding carboxylic acids is 3. The van der Waals surface area contributed by atoms with Crippen LogP contribution in [0.25, 0.3) is 0 Å². The highest BCUT2D eigenvalue weighted by molar-refractivity contribution is 6.60. The molecule has 1 aliphatic carbocycles. The minimum absolute atomic E-state index is 0.0283. The maximum Gasteiger partial charge on any atom is 0.500 e. The molecule has 0 aromatic carbocycles. The van der Waals surface area contributed by atoms with Gasteiger partial charge >= 0.3 is 14.8 Å². The van der Waals surface area contributed by atoms with Crippen molar-refractivity contribution in [2.75, 3.05) is 33.0 Å². The Balaban J connectivity index is 0. The van der Waals surface area contributed by atoms with Gasteiger partial charge in [0.25, 0.3) is 0 Å². The fraction of sp³-hybridized carbons (Fsp3) is 0.903. The monoisotopic (exact) mass is 604 g/mol. The van der Waals surface area contributed by atoms with Crippen LogP contribution in [0.3, 0.4) is 0 Å². The van der Waals surface area contributed by atoms with Crippen LogP contribution in [0.1, 0.15) is 115 Å². The Morgan fingerprint density at radius 3 is 1.59 bits per heavy atom. The highest BCUT2D eigenvalue weighted by Crippen LogP contribution is 2.29. The van der Waals surface area contributed by atoms with Crippen LogP contribution in [0.4, 0.5) is 0 Å². The van der Waals surface area contributed by atoms with E-state index in [9.17, 15) is 14.4 Å². The molecule has 2 amide bonds. The quantitative estimate of drug-likeness (QED) is 0.104. The van der Waals surface area contributed by atoms with E-state index in [2.05, 4.69) is 10.6 Å². The zero-order valence-corrected chi connectivity index (χ0v) is 29.2. The van der Waals surface area contributed by atoms with Crippen LogP contribution in [0, 0.1) is 23.7 Å². The van der Waals surface area contributed by atoms with Crippen LogP contribution in [0.5, 0.6) is 0 Å². The molecule has 0 aliphatic heterocycles. The number of hydrogen-bond acceptors (Lipinski definition) is 7. The third-order valence-corrected chi connectivity index (χ3v) is 9.93. The Labute approximate surface area is 252 Å². The van der Waals surface area contributed by atoms with E-state index in [1.165, 1.54) is 12.8 Å². The summed E-state index contributed by atoms with van der Waals surface area (Å²) in [6.45, 7) is 24.7. The van der Waals surface area contributed by atoms with Gasteiger partial charge in [-0.05, 0) is 79.1 Å². The van der Waals surface area contributed by atoms with Gasteiger partial charge in [-0.25, -0.2) is 0 Å². The van der Waals surface area contributed by atoms with Gasteiger partial charge in [-0.15, -0.1) is 0 Å². The van der Waals surface area contributed by atoms with Gasteiger partial charge in [-0.1, -0.05) is 41.5 Å². The van der Waals surface area contributed by atoms with Gasteiger partial charge in [0.1, 0.15) is 0 Å². The van der Waals surface area contributed by atoms with Crippen LogP contribution in [0.2, 0.25) is 6.04 Å². The fourth-order valence-electron chi connectivity index (χ4n) is 3.28. The third-order valence-electron chi connectivity index (χ3n) is 6.78. The number of esters is 1. The number of nitrogens with one attached hydrogen (secondary N) is 2. The van der Waals surface area contributed by atoms with E-state index in [1.54, 1.807) is 0 Å². The average molecular weight is 605 g/mol. The van der Waals surface area contributed by atoms with Crippen LogP contribution >= 0.6 is 0 Å². The summed E-state index contributed by atoms with van der Waals surface area (Å²) in [4.78, 5) is 33.8. The molecule has 0 saturated heterocycles. The lowest BCUT2D eigenvalue weighted by Gasteiger charge is -2.28. The van der Waals surface area contributed by atoms with E-state index < -0.39 is 8.80 Å². The summed E-state index contributed by atoms with van der Waals surface area (Å²) < 4.78 is 22.4. The summed E-state index contributed by atoms with van der Waals surface area (Å²) in [5.74, 6) is 1.24. The largest absolute Gasteiger partial charge is 0.500 e. The molecule has 1 saturated carbocycles. The maximum atomic E-state index is 11.7. The molecule has 3 unspecified atom stereocenters. The van der Waals surface area contributed by atoms with Crippen molar-refractivity contribution in [3.8, 4) is 0 Å². The second-order valence-corrected chi connectivity index (χ2v) is 13.8. The molecule has 1 rings (SSSR count). The summed E-state index contributed by atoms with van der Waals surface area (Å²) in [5, 5.41) is 5.80. The van der Waals surface area contributed by atoms with Gasteiger partial charge in [0.05, 0.1) is 12.5 Å². The van der Waals surface area contributed by atoms with Crippen molar-refractivity contribution in [2.24, 2.45) is 23.7 Å². The number of carbonyl (C=O) groups is 3. The summed E-state index contributed by atoms with van der Waals surface area (Å²) in [5.41, 5.74) is 0. The number of rotatable bonds is 19. The molecule has 1 fully saturated rings. The predicted octanol–water partition coefficient (Wildman–Crippen LogP) is 6.13. The van der Waals surface area contributed by atoms with Gasteiger partial charge in [-0.2, -0.15) is 0 Å². The topological polar surface area (TPSA) is 112 Å². The molecule has 3 atom stereocenters. The molecule has 0 radical (unpaired) electrons. The number of ether oxygens (including phenoxy) is 1. The van der Waals surface area contributed by atoms with E-state index in [0.29, 0.717) is 38.9 Å². The Morgan fingerprint density at radius 1 is 0.732 bits per heavy atom. The van der Waals surface area contributed by atoms with Crippen molar-refractivity contribution in [1.29, 1.82) is 0 Å². The van der Waals surface area contributed by atoms with Crippen LogP contribution < -0.4 is 10.6 Å². The highest BCUT2D eigenvalue weighted by Gasteiger charge is 2.39. The van der Waals surface area contributed by atoms with Gasteiger partial charge < -0.3 is 28.6 Å². The molecule has 10 heteroatoms. The van der Waals surface area contributed by atoms with Crippen molar-refractivity contribution in [3.05, 3.63) is 0 Å². The number of amides is 2. The van der Waals surface area contributed by atoms with Crippen LogP contribution in [-0.2, 0) is 32.4 Å². The molecule has 1 aliphatic rings. The summed E-state index contributed by atoms with van der Waals surface area (Å²) in [7, 11) is -2.55. The van der Waals surface area contributed by atoms with E-state index >= 15 is 0 Å². The van der Waals surface area contributed by atoms with E-state index in [-0.39, 0.29) is 41.6 Å². The van der Waals surface area contributed by atoms with Gasteiger partial charge in [0.15, 0.2) is 0 Å². The Bertz CT molecular complexity index is 672. The SMILES string of the molecule is CCC(C)C(=O)NC(C)C.CCC(C)C(=O)OCC1CC1.CCO[Si](CCCNC(=O)C(C)CC)(OCC)OCC. The zero-order valence-electron chi connectivity index (χ0n) is 28.2. The first-order valence-corrected chi connectivity index (χ1v) is 18.0. The molecule has 41 heavy (non-hydrogen) atoms. The predicted molar refractivity (Wildman–Crippen MR) is 168 cm³/mol. The van der Waals surface area contributed by atoms with Crippen molar-refractivity contribution in [2.45, 2.75) is 127 Å². The van der Waals surface area contributed by atoms with E-state index in [0.717, 1.165) is 31.7 Å². The summed E-state index contributed by atoms with van der Waals surface area (Å²) in [6.07, 6.45) is 5.96. The second kappa shape index (κ2) is 25.0. The fourth-order valence-corrected chi connectivity index (χ4v) is 5.90. The van der Waals surface area contributed by atoms with Crippen molar-refractivity contribution in [1.82, 2.24) is 10.6 Å². The number of hydrogen-bond donors (Lipinski definition) is 2. The van der Waals surface area contributed by atoms with Gasteiger partial charge in [-0.3, -0.25) is 14.4 Å². The van der Waals surface area contributed by atoms with Gasteiger partial charge in [0.2, 0.25) is 11.8 Å². The molecule has 0 heterocycles. The average Bonchev–Trinajstić information content (AvgIpc) is 3.78. The summed E-state index contributed by atoms with van der Waals surface area (Å²) in [6, 6.07) is 1.00. The Morgan fingerprint density at radius 2 is 1.20 bits per heavy atom. The molecule has 0 aromatic heterocycles. The molecule has 2 N–H and O–H groups in total. The minimum atomic E-state index is -2.55. The van der Waals surface area contributed by atoms with Crippen molar-refractivity contribution in [3.63, 3.8) is 0 Å². The maximum absolute atomic E-state index is 11.7. The smallest absolute Gasteiger partial charge is 0.465 e. The Hall–Kier alpha value is -1.49. The lowest BCUT2D eigenvalue weighted by molar-refractivity contribution is -0.148. The third kappa shape index (κ3) is 21.8. The van der Waals surface area contributed by atoms with Crippen molar-refractivity contribution < 1.29 is 32.4 Å². The molecule has 0 bridgehead atoms. The van der Waals surface area contributed by atoms with E-state index in [1.807, 2.05) is 76.2 Å². The second-order valence-electron chi connectivity index (χ2n) is 11.0. The van der Waals surface area contributed by atoms with E-state index in [4.69, 9.17) is 18.0 Å². The first kappa shape index (κ1) is 41.6. The normalized spacial score (nSPS) is 14.9. The first-order valence-electron chi connectivity index (χ1n) is 16.0. The summed E-state index contributed by atoms with van der Waals surface area (Å²) >= 11 is 0. The lowest BCUT2D eigenvalue weighted by atomic mass is 10.1. The van der Waals surface area contributed by atoms with Crippen LogP contribution in [0.15, 0.2) is 0 Å².